The number of aromatic hydroxyl groups is 2. The van der Waals surface area contributed by atoms with Gasteiger partial charge in [-0.1, -0.05) is 11.8 Å². The van der Waals surface area contributed by atoms with Crippen molar-refractivity contribution in [3.8, 4) is 40.2 Å². The highest BCUT2D eigenvalue weighted by atomic mass is 32.1. The van der Waals surface area contributed by atoms with Crippen LogP contribution < -0.4 is 25.0 Å². The third-order valence-electron chi connectivity index (χ3n) is 5.50. The van der Waals surface area contributed by atoms with Crippen LogP contribution in [0.1, 0.15) is 5.56 Å². The van der Waals surface area contributed by atoms with E-state index in [1.807, 2.05) is 0 Å². The number of rotatable bonds is 5. The molecular formula is C24H18N4O7S. The van der Waals surface area contributed by atoms with Crippen LogP contribution in [0.15, 0.2) is 53.5 Å². The first-order chi connectivity index (χ1) is 17.3. The second-order valence-electron chi connectivity index (χ2n) is 7.87. The fourth-order valence-electron chi connectivity index (χ4n) is 3.73. The number of imide groups is 1. The molecule has 12 heteroatoms. The van der Waals surface area contributed by atoms with Crippen molar-refractivity contribution < 1.29 is 29.3 Å². The molecule has 4 aromatic rings. The molecule has 182 valence electrons. The van der Waals surface area contributed by atoms with Gasteiger partial charge in [0.05, 0.1) is 13.7 Å². The molecule has 1 atom stereocenters. The molecule has 0 radical (unpaired) electrons. The van der Waals surface area contributed by atoms with Crippen molar-refractivity contribution in [3.63, 3.8) is 0 Å². The molecule has 11 nitrogen and oxygen atoms in total. The molecule has 0 aliphatic carbocycles. The number of thiazole rings is 1. The highest BCUT2D eigenvalue weighted by Crippen LogP contribution is 2.33. The van der Waals surface area contributed by atoms with Gasteiger partial charge in [0.15, 0.2) is 5.88 Å². The Morgan fingerprint density at radius 3 is 2.47 bits per heavy atom. The molecule has 0 spiro atoms. The van der Waals surface area contributed by atoms with Gasteiger partial charge in [-0.3, -0.25) is 19.9 Å². The number of amides is 3. The molecule has 3 amide bonds. The zero-order chi connectivity index (χ0) is 25.4. The standard InChI is InChI=1S/C24H18N4O7S/c1-34-16-7-4-14-11-28(19(30)17(14)10-16)12-24(21(31)26-22(32)27-24)9-8-13-2-5-15(6-3-13)35-20-18(29)25-23(33)36-20/h2-7,10-11,29-30H,12H2,1H3,(H,25,33)(H2,26,27,31,32)/t24-/m1/s1. The van der Waals surface area contributed by atoms with Crippen LogP contribution in [0.3, 0.4) is 0 Å². The number of fused-ring (bicyclic) bond motifs is 1. The molecule has 1 fully saturated rings. The minimum Gasteiger partial charge on any atom is -0.497 e. The van der Waals surface area contributed by atoms with Crippen molar-refractivity contribution >= 4 is 34.0 Å². The number of aromatic amines is 1. The second-order valence-corrected chi connectivity index (χ2v) is 8.82. The number of carbonyl (C=O) groups excluding carboxylic acids is 2. The van der Waals surface area contributed by atoms with Gasteiger partial charge in [0.2, 0.25) is 16.5 Å². The Hall–Kier alpha value is -4.89. The lowest BCUT2D eigenvalue weighted by molar-refractivity contribution is -0.122. The van der Waals surface area contributed by atoms with Crippen LogP contribution in [0.2, 0.25) is 0 Å². The molecule has 5 rings (SSSR count). The van der Waals surface area contributed by atoms with E-state index in [-0.39, 0.29) is 23.4 Å². The number of methoxy groups -OCH3 is 1. The summed E-state index contributed by atoms with van der Waals surface area (Å²) in [6.45, 7) is -0.146. The monoisotopic (exact) mass is 506 g/mol. The summed E-state index contributed by atoms with van der Waals surface area (Å²) in [6, 6.07) is 10.9. The molecule has 1 aliphatic heterocycles. The van der Waals surface area contributed by atoms with Gasteiger partial charge in [0, 0.05) is 22.5 Å². The van der Waals surface area contributed by atoms with Crippen molar-refractivity contribution in [2.75, 3.05) is 7.11 Å². The number of hydrogen-bond acceptors (Lipinski definition) is 8. The number of nitrogens with zero attached hydrogens (tertiary/aromatic N) is 1. The zero-order valence-corrected chi connectivity index (χ0v) is 19.4. The van der Waals surface area contributed by atoms with E-state index >= 15 is 0 Å². The molecule has 3 heterocycles. The summed E-state index contributed by atoms with van der Waals surface area (Å²) in [5, 5.41) is 26.4. The van der Waals surface area contributed by atoms with Gasteiger partial charge in [-0.15, -0.1) is 0 Å². The average Bonchev–Trinajstić information content (AvgIpc) is 3.44. The van der Waals surface area contributed by atoms with Gasteiger partial charge in [0.1, 0.15) is 11.5 Å². The number of nitrogens with one attached hydrogen (secondary N) is 3. The molecule has 0 unspecified atom stereocenters. The Morgan fingerprint density at radius 1 is 1.08 bits per heavy atom. The quantitative estimate of drug-likeness (QED) is 0.205. The lowest BCUT2D eigenvalue weighted by atomic mass is 10.00. The van der Waals surface area contributed by atoms with Crippen LogP contribution in [-0.2, 0) is 11.3 Å². The topological polar surface area (TPSA) is 155 Å². The Balaban J connectivity index is 1.43. The SMILES string of the molecule is COc1ccc2cn(C[C@@]3(C#Cc4ccc(Oc5sc(=O)[nH]c5O)cc4)NC(=O)NC3=O)c(O)c2c1. The molecule has 0 bridgehead atoms. The van der Waals surface area contributed by atoms with E-state index in [1.54, 1.807) is 48.7 Å². The van der Waals surface area contributed by atoms with E-state index in [0.29, 0.717) is 22.4 Å². The predicted octanol–water partition coefficient (Wildman–Crippen LogP) is 2.23. The first-order valence-electron chi connectivity index (χ1n) is 10.5. The Kier molecular flexibility index (Phi) is 5.54. The minimum atomic E-state index is -1.63. The van der Waals surface area contributed by atoms with E-state index in [4.69, 9.17) is 9.47 Å². The largest absolute Gasteiger partial charge is 0.497 e. The zero-order valence-electron chi connectivity index (χ0n) is 18.6. The number of hydrogen-bond donors (Lipinski definition) is 5. The van der Waals surface area contributed by atoms with Gasteiger partial charge in [-0.25, -0.2) is 4.79 Å². The Morgan fingerprint density at radius 2 is 1.83 bits per heavy atom. The van der Waals surface area contributed by atoms with Crippen LogP contribution in [0.25, 0.3) is 10.8 Å². The predicted molar refractivity (Wildman–Crippen MR) is 130 cm³/mol. The fourth-order valence-corrected chi connectivity index (χ4v) is 4.33. The van der Waals surface area contributed by atoms with Crippen molar-refractivity contribution in [1.29, 1.82) is 0 Å². The van der Waals surface area contributed by atoms with Crippen LogP contribution >= 0.6 is 11.3 Å². The summed E-state index contributed by atoms with van der Waals surface area (Å²) < 4.78 is 12.1. The second kappa shape index (κ2) is 8.71. The van der Waals surface area contributed by atoms with E-state index in [1.165, 1.54) is 11.7 Å². The fraction of sp³-hybridized carbons (Fsp3) is 0.125. The van der Waals surface area contributed by atoms with Crippen LogP contribution in [0.4, 0.5) is 4.79 Å². The number of ether oxygens (including phenoxy) is 2. The number of aromatic nitrogens is 2. The summed E-state index contributed by atoms with van der Waals surface area (Å²) in [6.07, 6.45) is 1.65. The van der Waals surface area contributed by atoms with Crippen molar-refractivity contribution in [1.82, 2.24) is 20.2 Å². The third kappa shape index (κ3) is 4.19. The van der Waals surface area contributed by atoms with Gasteiger partial charge < -0.3 is 29.6 Å². The lowest BCUT2D eigenvalue weighted by Gasteiger charge is -2.20. The van der Waals surface area contributed by atoms with Gasteiger partial charge >= 0.3 is 10.9 Å². The average molecular weight is 506 g/mol. The van der Waals surface area contributed by atoms with Gasteiger partial charge in [-0.2, -0.15) is 0 Å². The summed E-state index contributed by atoms with van der Waals surface area (Å²) in [4.78, 5) is 37.8. The normalized spacial score (nSPS) is 16.8. The number of urea groups is 1. The summed E-state index contributed by atoms with van der Waals surface area (Å²) >= 11 is 0.720. The molecule has 1 saturated heterocycles. The lowest BCUT2D eigenvalue weighted by Crippen LogP contribution is -2.49. The van der Waals surface area contributed by atoms with Crippen LogP contribution in [0, 0.1) is 11.8 Å². The van der Waals surface area contributed by atoms with E-state index in [0.717, 1.165) is 16.7 Å². The maximum absolute atomic E-state index is 12.8. The summed E-state index contributed by atoms with van der Waals surface area (Å²) in [5.41, 5.74) is -1.12. The maximum atomic E-state index is 12.8. The van der Waals surface area contributed by atoms with Gasteiger partial charge in [0.25, 0.3) is 5.91 Å². The molecule has 2 aromatic carbocycles. The number of benzene rings is 2. The van der Waals surface area contributed by atoms with Crippen molar-refractivity contribution in [3.05, 3.63) is 63.9 Å². The minimum absolute atomic E-state index is 0.0275. The molecule has 0 saturated carbocycles. The highest BCUT2D eigenvalue weighted by molar-refractivity contribution is 7.11. The molecule has 1 aliphatic rings. The Bertz CT molecular complexity index is 1620. The molecule has 2 aromatic heterocycles. The molecule has 36 heavy (non-hydrogen) atoms. The van der Waals surface area contributed by atoms with Crippen molar-refractivity contribution in [2.24, 2.45) is 0 Å². The van der Waals surface area contributed by atoms with Gasteiger partial charge in [-0.05, 0) is 53.8 Å². The Labute approximate surface area is 206 Å². The first-order valence-corrected chi connectivity index (χ1v) is 11.3. The molecular weight excluding hydrogens is 488 g/mol. The van der Waals surface area contributed by atoms with Crippen LogP contribution in [-0.4, -0.2) is 44.4 Å². The summed E-state index contributed by atoms with van der Waals surface area (Å²) in [5.74, 6) is 5.52. The number of carbonyl (C=O) groups is 2. The van der Waals surface area contributed by atoms with Crippen LogP contribution in [0.5, 0.6) is 28.3 Å². The summed E-state index contributed by atoms with van der Waals surface area (Å²) in [7, 11) is 1.52. The first kappa shape index (κ1) is 22.9. The van der Waals surface area contributed by atoms with E-state index < -0.39 is 22.4 Å². The smallest absolute Gasteiger partial charge is 0.323 e. The number of H-pyrrole nitrogens is 1. The maximum Gasteiger partial charge on any atom is 0.323 e. The van der Waals surface area contributed by atoms with E-state index in [9.17, 15) is 24.6 Å². The van der Waals surface area contributed by atoms with E-state index in [2.05, 4.69) is 27.5 Å². The highest BCUT2D eigenvalue weighted by Gasteiger charge is 2.46. The van der Waals surface area contributed by atoms with Crippen molar-refractivity contribution in [2.45, 2.75) is 12.1 Å². The third-order valence-corrected chi connectivity index (χ3v) is 6.25. The molecule has 5 N–H and O–H groups in total.